The molecule has 67 heavy (non-hydrogen) atoms. The molecule has 0 bridgehead atoms. The van der Waals surface area contributed by atoms with Crippen LogP contribution in [0.25, 0.3) is 22.3 Å². The van der Waals surface area contributed by atoms with Crippen molar-refractivity contribution in [3.05, 3.63) is 143 Å². The van der Waals surface area contributed by atoms with E-state index in [2.05, 4.69) is 60.5 Å². The molecule has 0 amide bonds. The Morgan fingerprint density at radius 2 is 1.21 bits per heavy atom. The number of nitrogens with two attached hydrogens (primary N) is 2. The lowest BCUT2D eigenvalue weighted by Gasteiger charge is -2.33. The van der Waals surface area contributed by atoms with Crippen molar-refractivity contribution in [3.63, 3.8) is 0 Å². The van der Waals surface area contributed by atoms with Crippen LogP contribution in [0.4, 0.5) is 8.78 Å². The van der Waals surface area contributed by atoms with Crippen LogP contribution in [0.3, 0.4) is 0 Å². The Morgan fingerprint density at radius 3 is 1.63 bits per heavy atom. The van der Waals surface area contributed by atoms with Crippen LogP contribution >= 0.6 is 11.6 Å². The van der Waals surface area contributed by atoms with E-state index in [1.54, 1.807) is 73.9 Å². The molecule has 1 unspecified atom stereocenters. The number of amidine groups is 2. The molecule has 4 aromatic heterocycles. The van der Waals surface area contributed by atoms with Crippen molar-refractivity contribution in [2.24, 2.45) is 32.3 Å². The lowest BCUT2D eigenvalue weighted by atomic mass is 9.81. The van der Waals surface area contributed by atoms with Gasteiger partial charge in [-0.25, -0.2) is 29.9 Å². The van der Waals surface area contributed by atoms with Crippen LogP contribution in [-0.4, -0.2) is 76.0 Å². The molecule has 14 nitrogen and oxygen atoms in total. The molecule has 11 rings (SSSR count). The highest BCUT2D eigenvalue weighted by molar-refractivity contribution is 6.18. The van der Waals surface area contributed by atoms with Crippen molar-refractivity contribution in [1.82, 2.24) is 19.9 Å². The van der Waals surface area contributed by atoms with Gasteiger partial charge in [-0.05, 0) is 85.6 Å². The number of hydrogen-bond acceptors (Lipinski definition) is 14. The van der Waals surface area contributed by atoms with Gasteiger partial charge in [0.25, 0.3) is 12.0 Å². The molecule has 0 aliphatic carbocycles. The fourth-order valence-electron chi connectivity index (χ4n) is 8.17. The van der Waals surface area contributed by atoms with E-state index in [1.165, 1.54) is 12.4 Å². The number of aliphatic imine (C=N–C) groups is 2. The molecule has 9 heterocycles. The van der Waals surface area contributed by atoms with Crippen LogP contribution in [0.5, 0.6) is 23.3 Å². The van der Waals surface area contributed by atoms with Gasteiger partial charge in [-0.15, -0.1) is 11.6 Å². The van der Waals surface area contributed by atoms with Crippen molar-refractivity contribution in [1.29, 1.82) is 0 Å². The van der Waals surface area contributed by atoms with Gasteiger partial charge in [-0.1, -0.05) is 35.8 Å². The van der Waals surface area contributed by atoms with Gasteiger partial charge < -0.3 is 40.3 Å². The Morgan fingerprint density at radius 1 is 0.701 bits per heavy atom. The third-order valence-corrected chi connectivity index (χ3v) is 12.5. The summed E-state index contributed by atoms with van der Waals surface area (Å²) in [5.74, 6) is 13.4. The summed E-state index contributed by atoms with van der Waals surface area (Å²) in [5.41, 5.74) is 15.0. The lowest BCUT2D eigenvalue weighted by molar-refractivity contribution is -0.0648. The number of fused-ring (bicyclic) bond motifs is 8. The number of rotatable bonds is 4. The van der Waals surface area contributed by atoms with Gasteiger partial charge in [0.2, 0.25) is 23.7 Å². The number of benzene rings is 2. The first-order chi connectivity index (χ1) is 32.3. The lowest BCUT2D eigenvalue weighted by Crippen LogP contribution is -2.38. The van der Waals surface area contributed by atoms with E-state index in [-0.39, 0.29) is 43.2 Å². The first-order valence-corrected chi connectivity index (χ1v) is 21.5. The van der Waals surface area contributed by atoms with E-state index < -0.39 is 28.4 Å². The molecular formula is C50H39ClF2N8O6. The van der Waals surface area contributed by atoms with Gasteiger partial charge in [-0.3, -0.25) is 0 Å². The Bertz CT molecular complexity index is 3190. The number of alkyl halides is 1. The molecule has 5 aliphatic rings. The minimum Gasteiger partial charge on any atom is -0.462 e. The fourth-order valence-corrected chi connectivity index (χ4v) is 8.32. The van der Waals surface area contributed by atoms with Crippen molar-refractivity contribution in [2.75, 3.05) is 38.9 Å². The SMILES string of the molecule is CC(C#Cc1cnc2c(c1)[C@]1(COC(N)=N1)c1cc(-c3cccnc3F)ccc1O2)(CO)CCl.CC1(C#Cc2cnc3c(c2)[C@]2(COC(N)=N2)c2cc(-c4cccnc4F)ccc2O3)COC1. The first-order valence-electron chi connectivity index (χ1n) is 21.0. The topological polar surface area (TPSA) is 195 Å². The summed E-state index contributed by atoms with van der Waals surface area (Å²) >= 11 is 5.96. The number of halogens is 3. The fraction of sp³-hybridized carbons (Fsp3) is 0.240. The number of hydrogen-bond donors (Lipinski definition) is 3. The van der Waals surface area contributed by atoms with E-state index in [0.717, 1.165) is 5.56 Å². The zero-order chi connectivity index (χ0) is 46.6. The molecule has 336 valence electrons. The Labute approximate surface area is 388 Å². The molecule has 0 saturated carbocycles. The minimum absolute atomic E-state index is 0.0308. The van der Waals surface area contributed by atoms with E-state index in [0.29, 0.717) is 86.5 Å². The molecule has 6 aromatic rings. The summed E-state index contributed by atoms with van der Waals surface area (Å²) in [6, 6.07) is 21.2. The first kappa shape index (κ1) is 43.3. The normalized spacial score (nSPS) is 20.5. The molecule has 0 radical (unpaired) electrons. The largest absolute Gasteiger partial charge is 0.462 e. The standard InChI is InChI=1S/C25H20ClFN4O3.C25H19FN4O3/c1-24(12-26,13-32)7-6-15-9-19-22(30-11-15)34-20-5-4-16(17-3-2-8-29-21(17)27)10-18(20)25(19)14-33-23(28)31-25;1-24(12-31-13-24)7-6-15-9-19-22(29-11-15)33-20-5-4-16(17-3-2-8-28-21(17)26)10-18(20)25(19)14-32-23(27)30-25/h2-5,8-11,32H,12-14H2,1H3,(H2,28,31);2-5,8-11H,12-14H2,1H3,(H2,27,30)/t24?,25-;25-/m00/s1. The highest BCUT2D eigenvalue weighted by Crippen LogP contribution is 2.53. The predicted octanol–water partition coefficient (Wildman–Crippen LogP) is 6.93. The van der Waals surface area contributed by atoms with Gasteiger partial charge in [0.05, 0.1) is 41.8 Å². The van der Waals surface area contributed by atoms with E-state index in [4.69, 9.17) is 46.8 Å². The van der Waals surface area contributed by atoms with Crippen LogP contribution < -0.4 is 20.9 Å². The summed E-state index contributed by atoms with van der Waals surface area (Å²) in [5, 5.41) is 9.60. The van der Waals surface area contributed by atoms with Crippen LogP contribution in [-0.2, 0) is 25.3 Å². The van der Waals surface area contributed by atoms with Gasteiger partial charge in [0, 0.05) is 64.0 Å². The average molecular weight is 921 g/mol. The number of aliphatic hydroxyl groups is 1. The molecule has 5 aliphatic heterocycles. The quantitative estimate of drug-likeness (QED) is 0.0939. The molecule has 2 spiro atoms. The summed E-state index contributed by atoms with van der Waals surface area (Å²) in [6.45, 7) is 5.17. The second kappa shape index (κ2) is 16.7. The molecule has 1 saturated heterocycles. The smallest absolute Gasteiger partial charge is 0.283 e. The van der Waals surface area contributed by atoms with E-state index >= 15 is 0 Å². The summed E-state index contributed by atoms with van der Waals surface area (Å²) in [6.07, 6.45) is 6.07. The molecule has 1 fully saturated rings. The van der Waals surface area contributed by atoms with Crippen molar-refractivity contribution in [2.45, 2.75) is 24.9 Å². The van der Waals surface area contributed by atoms with Gasteiger partial charge >= 0.3 is 0 Å². The van der Waals surface area contributed by atoms with Gasteiger partial charge in [-0.2, -0.15) is 8.78 Å². The highest BCUT2D eigenvalue weighted by Gasteiger charge is 2.49. The zero-order valence-corrected chi connectivity index (χ0v) is 36.7. The van der Waals surface area contributed by atoms with Gasteiger partial charge in [0.1, 0.15) is 24.7 Å². The predicted molar refractivity (Wildman–Crippen MR) is 243 cm³/mol. The third-order valence-electron chi connectivity index (χ3n) is 12.0. The maximum Gasteiger partial charge on any atom is 0.283 e. The molecule has 5 N–H and O–H groups in total. The molecule has 17 heteroatoms. The van der Waals surface area contributed by atoms with Crippen LogP contribution in [0, 0.1) is 46.4 Å². The summed E-state index contributed by atoms with van der Waals surface area (Å²) < 4.78 is 57.5. The third kappa shape index (κ3) is 7.78. The van der Waals surface area contributed by atoms with Gasteiger partial charge in [0.15, 0.2) is 11.1 Å². The number of nitrogens with zero attached hydrogens (tertiary/aromatic N) is 6. The van der Waals surface area contributed by atoms with Crippen molar-refractivity contribution in [3.8, 4) is 69.2 Å². The minimum atomic E-state index is -1.04. The monoisotopic (exact) mass is 920 g/mol. The van der Waals surface area contributed by atoms with E-state index in [9.17, 15) is 13.9 Å². The van der Waals surface area contributed by atoms with E-state index in [1.807, 2.05) is 18.2 Å². The maximum absolute atomic E-state index is 14.4. The second-order valence-corrected chi connectivity index (χ2v) is 17.3. The van der Waals surface area contributed by atoms with Crippen LogP contribution in [0.15, 0.2) is 108 Å². The average Bonchev–Trinajstić information content (AvgIpc) is 3.93. The van der Waals surface area contributed by atoms with Crippen molar-refractivity contribution < 1.29 is 37.6 Å². The summed E-state index contributed by atoms with van der Waals surface area (Å²) in [4.78, 5) is 25.8. The molecule has 2 aromatic carbocycles. The number of pyridine rings is 4. The molecule has 3 atom stereocenters. The Balaban J connectivity index is 0.000000157. The number of ether oxygens (including phenoxy) is 5. The number of aromatic nitrogens is 4. The van der Waals surface area contributed by atoms with Crippen LogP contribution in [0.2, 0.25) is 0 Å². The second-order valence-electron chi connectivity index (χ2n) is 17.1. The number of aliphatic hydroxyl groups excluding tert-OH is 1. The van der Waals surface area contributed by atoms with Crippen molar-refractivity contribution >= 4 is 23.6 Å². The zero-order valence-electron chi connectivity index (χ0n) is 35.9. The maximum atomic E-state index is 14.4. The van der Waals surface area contributed by atoms with Crippen LogP contribution in [0.1, 0.15) is 47.2 Å². The highest BCUT2D eigenvalue weighted by atomic mass is 35.5. The summed E-state index contributed by atoms with van der Waals surface area (Å²) in [7, 11) is 0. The molecular weight excluding hydrogens is 882 g/mol. The Hall–Kier alpha value is -7.63. The Kier molecular flexibility index (Phi) is 10.8.